The Labute approximate surface area is 197 Å². The first-order valence-corrected chi connectivity index (χ1v) is 10.4. The number of hydrogen-bond donors (Lipinski definition) is 1. The molecule has 1 unspecified atom stereocenters. The summed E-state index contributed by atoms with van der Waals surface area (Å²) in [4.78, 5) is 16.5. The molecule has 0 aliphatic carbocycles. The Bertz CT molecular complexity index is 1460. The first-order chi connectivity index (χ1) is 16.8. The Morgan fingerprint density at radius 3 is 2.37 bits per heavy atom. The summed E-state index contributed by atoms with van der Waals surface area (Å²) >= 11 is 0. The zero-order valence-electron chi connectivity index (χ0n) is 18.2. The van der Waals surface area contributed by atoms with Gasteiger partial charge < -0.3 is 10.5 Å². The predicted molar refractivity (Wildman–Crippen MR) is 120 cm³/mol. The fourth-order valence-corrected chi connectivity index (χ4v) is 4.38. The molecule has 0 bridgehead atoms. The van der Waals surface area contributed by atoms with Gasteiger partial charge in [0.2, 0.25) is 5.88 Å². The van der Waals surface area contributed by atoms with Gasteiger partial charge in [-0.25, -0.2) is 24.3 Å². The van der Waals surface area contributed by atoms with Crippen LogP contribution in [0.5, 0.6) is 5.88 Å². The van der Waals surface area contributed by atoms with Crippen LogP contribution in [0.2, 0.25) is 0 Å². The summed E-state index contributed by atoms with van der Waals surface area (Å²) < 4.78 is 61.4. The van der Waals surface area contributed by atoms with E-state index in [0.717, 1.165) is 13.2 Å². The number of nitrogens with two attached hydrogens (primary N) is 1. The van der Waals surface area contributed by atoms with E-state index in [9.17, 15) is 17.6 Å². The van der Waals surface area contributed by atoms with E-state index in [1.807, 2.05) is 0 Å². The quantitative estimate of drug-likeness (QED) is 0.428. The number of alkyl halides is 3. The minimum Gasteiger partial charge on any atom is -0.481 e. The second kappa shape index (κ2) is 8.15. The number of amidine groups is 1. The molecule has 35 heavy (non-hydrogen) atoms. The average molecular weight is 479 g/mol. The number of benzene rings is 2. The van der Waals surface area contributed by atoms with E-state index in [1.54, 1.807) is 42.7 Å². The molecule has 0 saturated heterocycles. The number of fused-ring (bicyclic) bond motifs is 1. The molecule has 0 saturated carbocycles. The van der Waals surface area contributed by atoms with Gasteiger partial charge in [-0.05, 0) is 29.3 Å². The molecule has 1 atom stereocenters. The lowest BCUT2D eigenvalue weighted by molar-refractivity contribution is -0.139. The lowest BCUT2D eigenvalue weighted by atomic mass is 9.77. The molecule has 6 nitrogen and oxygen atoms in total. The van der Waals surface area contributed by atoms with E-state index in [0.29, 0.717) is 22.3 Å². The molecule has 0 radical (unpaired) electrons. The standard InChI is InChI=1S/C25H17F4N5O/c1-35-23-19(25(27,28)29)9-17(12-33-23)24(18-6-3-7-20(26)21(18)22(30)34-24)16-5-2-4-14(8-16)15-10-31-13-32-11-15/h2-13H,1H3,(H2,30,34). The van der Waals surface area contributed by atoms with Crippen molar-refractivity contribution < 1.29 is 22.3 Å². The van der Waals surface area contributed by atoms with Crippen molar-refractivity contribution in [1.82, 2.24) is 15.0 Å². The van der Waals surface area contributed by atoms with Crippen LogP contribution in [0.25, 0.3) is 11.1 Å². The van der Waals surface area contributed by atoms with Crippen LogP contribution in [0.4, 0.5) is 17.6 Å². The van der Waals surface area contributed by atoms with Gasteiger partial charge in [0.15, 0.2) is 0 Å². The van der Waals surface area contributed by atoms with Gasteiger partial charge in [0, 0.05) is 35.3 Å². The normalized spacial score (nSPS) is 17.1. The molecule has 0 fully saturated rings. The third-order valence-corrected chi connectivity index (χ3v) is 5.89. The fraction of sp³-hybridized carbons (Fsp3) is 0.120. The molecule has 176 valence electrons. The summed E-state index contributed by atoms with van der Waals surface area (Å²) in [5.74, 6) is -1.34. The molecule has 4 aromatic rings. The largest absolute Gasteiger partial charge is 0.481 e. The van der Waals surface area contributed by atoms with Crippen molar-refractivity contribution in [3.8, 4) is 17.0 Å². The highest BCUT2D eigenvalue weighted by molar-refractivity contribution is 6.03. The Kier molecular flexibility index (Phi) is 5.23. The molecule has 2 aromatic carbocycles. The minimum absolute atomic E-state index is 0.0327. The van der Waals surface area contributed by atoms with Crippen molar-refractivity contribution in [3.05, 3.63) is 107 Å². The Morgan fingerprint density at radius 1 is 0.914 bits per heavy atom. The predicted octanol–water partition coefficient (Wildman–Crippen LogP) is 4.72. The number of halogens is 4. The third-order valence-electron chi connectivity index (χ3n) is 5.89. The lowest BCUT2D eigenvalue weighted by Crippen LogP contribution is -2.27. The molecule has 1 aliphatic rings. The molecule has 5 rings (SSSR count). The number of hydrogen-bond acceptors (Lipinski definition) is 6. The van der Waals surface area contributed by atoms with E-state index < -0.39 is 29.0 Å². The maximum absolute atomic E-state index is 14.9. The van der Waals surface area contributed by atoms with E-state index >= 15 is 0 Å². The first kappa shape index (κ1) is 22.5. The Balaban J connectivity index is 1.84. The average Bonchev–Trinajstić information content (AvgIpc) is 3.18. The molecule has 3 heterocycles. The summed E-state index contributed by atoms with van der Waals surface area (Å²) in [7, 11) is 1.11. The molecular weight excluding hydrogens is 462 g/mol. The molecule has 10 heteroatoms. The SMILES string of the molecule is COc1ncc(C2(c3cccc(-c4cncnc4)c3)N=C(N)c3c(F)cccc32)cc1C(F)(F)F. The summed E-state index contributed by atoms with van der Waals surface area (Å²) in [6.45, 7) is 0. The van der Waals surface area contributed by atoms with Gasteiger partial charge in [-0.2, -0.15) is 13.2 Å². The van der Waals surface area contributed by atoms with Gasteiger partial charge >= 0.3 is 6.18 Å². The van der Waals surface area contributed by atoms with Crippen molar-refractivity contribution in [1.29, 1.82) is 0 Å². The summed E-state index contributed by atoms with van der Waals surface area (Å²) in [5, 5.41) is 0. The van der Waals surface area contributed by atoms with Crippen molar-refractivity contribution >= 4 is 5.84 Å². The van der Waals surface area contributed by atoms with Crippen LogP contribution in [0.15, 0.2) is 78.4 Å². The van der Waals surface area contributed by atoms with Crippen molar-refractivity contribution in [3.63, 3.8) is 0 Å². The molecule has 1 aliphatic heterocycles. The second-order valence-corrected chi connectivity index (χ2v) is 7.86. The number of aliphatic imine (C=N–C) groups is 1. The highest BCUT2D eigenvalue weighted by Crippen LogP contribution is 2.48. The van der Waals surface area contributed by atoms with Crippen molar-refractivity contribution in [2.45, 2.75) is 11.7 Å². The van der Waals surface area contributed by atoms with E-state index in [2.05, 4.69) is 19.9 Å². The minimum atomic E-state index is -4.75. The van der Waals surface area contributed by atoms with Crippen molar-refractivity contribution in [2.24, 2.45) is 10.7 Å². The zero-order chi connectivity index (χ0) is 24.8. The Hall–Kier alpha value is -4.34. The highest BCUT2D eigenvalue weighted by Gasteiger charge is 2.46. The van der Waals surface area contributed by atoms with Gasteiger partial charge in [-0.1, -0.05) is 30.3 Å². The maximum Gasteiger partial charge on any atom is 0.421 e. The summed E-state index contributed by atoms with van der Waals surface area (Å²) in [6.07, 6.45) is 1.09. The summed E-state index contributed by atoms with van der Waals surface area (Å²) in [5.41, 5.74) is 5.71. The topological polar surface area (TPSA) is 86.3 Å². The highest BCUT2D eigenvalue weighted by atomic mass is 19.4. The fourth-order valence-electron chi connectivity index (χ4n) is 4.38. The van der Waals surface area contributed by atoms with Gasteiger partial charge in [-0.3, -0.25) is 0 Å². The number of pyridine rings is 1. The van der Waals surface area contributed by atoms with Crippen molar-refractivity contribution in [2.75, 3.05) is 7.11 Å². The second-order valence-electron chi connectivity index (χ2n) is 7.86. The monoisotopic (exact) mass is 479 g/mol. The van der Waals surface area contributed by atoms with Gasteiger partial charge in [0.1, 0.15) is 29.1 Å². The Morgan fingerprint density at radius 2 is 1.66 bits per heavy atom. The van der Waals surface area contributed by atoms with Crippen LogP contribution >= 0.6 is 0 Å². The van der Waals surface area contributed by atoms with E-state index in [1.165, 1.54) is 24.7 Å². The van der Waals surface area contributed by atoms with Crippen LogP contribution in [0, 0.1) is 5.82 Å². The lowest BCUT2D eigenvalue weighted by Gasteiger charge is -2.30. The van der Waals surface area contributed by atoms with Crippen LogP contribution in [-0.2, 0) is 11.7 Å². The number of aromatic nitrogens is 3. The summed E-state index contributed by atoms with van der Waals surface area (Å²) in [6, 6.07) is 12.2. The van der Waals surface area contributed by atoms with Crippen LogP contribution in [0.3, 0.4) is 0 Å². The van der Waals surface area contributed by atoms with Gasteiger partial charge in [0.25, 0.3) is 0 Å². The number of rotatable bonds is 4. The number of ether oxygens (including phenoxy) is 1. The molecule has 2 N–H and O–H groups in total. The maximum atomic E-state index is 14.9. The number of methoxy groups -OCH3 is 1. The van der Waals surface area contributed by atoms with E-state index in [4.69, 9.17) is 10.5 Å². The zero-order valence-corrected chi connectivity index (χ0v) is 18.2. The van der Waals surface area contributed by atoms with Crippen LogP contribution in [-0.4, -0.2) is 27.9 Å². The van der Waals surface area contributed by atoms with Crippen LogP contribution in [0.1, 0.15) is 27.8 Å². The van der Waals surface area contributed by atoms with E-state index in [-0.39, 0.29) is 17.0 Å². The molecule has 0 spiro atoms. The molecular formula is C25H17F4N5O. The van der Waals surface area contributed by atoms with Gasteiger partial charge in [-0.15, -0.1) is 0 Å². The smallest absolute Gasteiger partial charge is 0.421 e. The first-order valence-electron chi connectivity index (χ1n) is 10.4. The van der Waals surface area contributed by atoms with Gasteiger partial charge in [0.05, 0.1) is 12.7 Å². The molecule has 2 aromatic heterocycles. The third kappa shape index (κ3) is 3.58. The number of nitrogens with zero attached hydrogens (tertiary/aromatic N) is 4. The molecule has 0 amide bonds. The van der Waals surface area contributed by atoms with Crippen LogP contribution < -0.4 is 10.5 Å².